The average molecular weight is 368 g/mol. The molecular formula is C20H17FN2O4. The molecule has 0 spiro atoms. The lowest BCUT2D eigenvalue weighted by molar-refractivity contribution is -0.148. The van der Waals surface area contributed by atoms with Crippen molar-refractivity contribution >= 4 is 34.7 Å². The summed E-state index contributed by atoms with van der Waals surface area (Å²) in [4.78, 5) is 28.1. The second kappa shape index (κ2) is 7.82. The fourth-order valence-corrected chi connectivity index (χ4v) is 2.28. The third kappa shape index (κ3) is 4.58. The van der Waals surface area contributed by atoms with E-state index in [1.54, 1.807) is 31.2 Å². The van der Waals surface area contributed by atoms with Gasteiger partial charge in [0.05, 0.1) is 0 Å². The molecule has 2 aromatic carbocycles. The van der Waals surface area contributed by atoms with Crippen LogP contribution in [0.5, 0.6) is 0 Å². The summed E-state index contributed by atoms with van der Waals surface area (Å²) in [6.07, 6.45) is 1.43. The minimum Gasteiger partial charge on any atom is -0.449 e. The van der Waals surface area contributed by atoms with Crippen molar-refractivity contribution in [2.45, 2.75) is 20.0 Å². The first-order valence-corrected chi connectivity index (χ1v) is 8.23. The minimum absolute atomic E-state index is 0.250. The van der Waals surface area contributed by atoms with Crippen molar-refractivity contribution in [3.05, 3.63) is 65.8 Å². The first kappa shape index (κ1) is 18.3. The Morgan fingerprint density at radius 3 is 2.78 bits per heavy atom. The van der Waals surface area contributed by atoms with Gasteiger partial charge in [0, 0.05) is 17.8 Å². The van der Waals surface area contributed by atoms with Crippen LogP contribution in [0, 0.1) is 12.7 Å². The van der Waals surface area contributed by atoms with Gasteiger partial charge in [0.15, 0.2) is 11.7 Å². The number of carbonyl (C=O) groups excluding carboxylic acids is 2. The molecule has 1 aromatic heterocycles. The molecule has 138 valence electrons. The van der Waals surface area contributed by atoms with Gasteiger partial charge >= 0.3 is 5.97 Å². The number of oxazole rings is 1. The molecule has 3 rings (SSSR count). The number of fused-ring (bicyclic) bond motifs is 1. The van der Waals surface area contributed by atoms with E-state index in [9.17, 15) is 14.0 Å². The number of benzene rings is 2. The van der Waals surface area contributed by atoms with E-state index in [-0.39, 0.29) is 11.6 Å². The number of ether oxygens (including phenoxy) is 1. The number of anilines is 1. The number of amides is 1. The second-order valence-corrected chi connectivity index (χ2v) is 5.89. The van der Waals surface area contributed by atoms with Gasteiger partial charge in [-0.05, 0) is 43.7 Å². The molecule has 0 aliphatic heterocycles. The average Bonchev–Trinajstić information content (AvgIpc) is 3.06. The molecule has 0 unspecified atom stereocenters. The third-order valence-electron chi connectivity index (χ3n) is 3.77. The Morgan fingerprint density at radius 1 is 1.26 bits per heavy atom. The van der Waals surface area contributed by atoms with Crippen molar-refractivity contribution in [1.82, 2.24) is 4.98 Å². The summed E-state index contributed by atoms with van der Waals surface area (Å²) in [6.45, 7) is 3.04. The van der Waals surface area contributed by atoms with Crippen molar-refractivity contribution in [3.63, 3.8) is 0 Å². The summed E-state index contributed by atoms with van der Waals surface area (Å²) in [5.41, 5.74) is 2.03. The van der Waals surface area contributed by atoms with E-state index in [0.29, 0.717) is 16.7 Å². The number of nitrogens with one attached hydrogen (secondary N) is 1. The van der Waals surface area contributed by atoms with E-state index in [4.69, 9.17) is 9.15 Å². The Hall–Kier alpha value is -3.48. The molecule has 0 fully saturated rings. The molecule has 1 heterocycles. The van der Waals surface area contributed by atoms with Crippen molar-refractivity contribution in [1.29, 1.82) is 0 Å². The summed E-state index contributed by atoms with van der Waals surface area (Å²) in [6, 6.07) is 11.5. The van der Waals surface area contributed by atoms with Crippen LogP contribution in [0.2, 0.25) is 0 Å². The van der Waals surface area contributed by atoms with Gasteiger partial charge in [-0.15, -0.1) is 0 Å². The van der Waals surface area contributed by atoms with E-state index in [0.717, 1.165) is 6.08 Å². The number of rotatable bonds is 5. The second-order valence-electron chi connectivity index (χ2n) is 5.89. The molecule has 27 heavy (non-hydrogen) atoms. The highest BCUT2D eigenvalue weighted by molar-refractivity contribution is 5.96. The molecular weight excluding hydrogens is 351 g/mol. The summed E-state index contributed by atoms with van der Waals surface area (Å²) < 4.78 is 24.0. The van der Waals surface area contributed by atoms with Gasteiger partial charge in [-0.25, -0.2) is 14.2 Å². The van der Waals surface area contributed by atoms with E-state index < -0.39 is 23.8 Å². The summed E-state index contributed by atoms with van der Waals surface area (Å²) in [5, 5.41) is 2.50. The largest absolute Gasteiger partial charge is 0.449 e. The number of esters is 1. The summed E-state index contributed by atoms with van der Waals surface area (Å²) in [5.74, 6) is -1.48. The Morgan fingerprint density at radius 2 is 2.04 bits per heavy atom. The van der Waals surface area contributed by atoms with Crippen LogP contribution in [0.15, 0.2) is 53.0 Å². The maximum atomic E-state index is 13.5. The van der Waals surface area contributed by atoms with Gasteiger partial charge in [0.2, 0.25) is 5.89 Å². The van der Waals surface area contributed by atoms with Crippen LogP contribution in [0.3, 0.4) is 0 Å². The van der Waals surface area contributed by atoms with Crippen molar-refractivity contribution in [2.24, 2.45) is 0 Å². The zero-order chi connectivity index (χ0) is 19.4. The number of nitrogens with zero attached hydrogens (tertiary/aromatic N) is 1. The number of para-hydroxylation sites is 2. The number of hydrogen-bond acceptors (Lipinski definition) is 5. The van der Waals surface area contributed by atoms with Crippen LogP contribution in [-0.4, -0.2) is 23.0 Å². The van der Waals surface area contributed by atoms with E-state index >= 15 is 0 Å². The number of carbonyl (C=O) groups is 2. The van der Waals surface area contributed by atoms with Crippen molar-refractivity contribution < 1.29 is 23.1 Å². The highest BCUT2D eigenvalue weighted by Crippen LogP contribution is 2.16. The predicted octanol–water partition coefficient (Wildman–Crippen LogP) is 3.86. The molecule has 0 radical (unpaired) electrons. The lowest BCUT2D eigenvalue weighted by atomic mass is 10.2. The summed E-state index contributed by atoms with van der Waals surface area (Å²) in [7, 11) is 0. The van der Waals surface area contributed by atoms with Crippen LogP contribution in [-0.2, 0) is 14.3 Å². The molecule has 0 aliphatic rings. The molecule has 6 nitrogen and oxygen atoms in total. The van der Waals surface area contributed by atoms with Gasteiger partial charge in [0.1, 0.15) is 11.3 Å². The Labute approximate surface area is 154 Å². The Bertz CT molecular complexity index is 993. The Balaban J connectivity index is 1.57. The minimum atomic E-state index is -1.06. The maximum absolute atomic E-state index is 13.5. The SMILES string of the molecule is Cc1ccc(NC(=O)[C@@H](C)OC(=O)/C=C/c2nc3ccccc3o2)cc1F. The number of aryl methyl sites for hydroxylation is 1. The molecule has 7 heteroatoms. The van der Waals surface area contributed by atoms with E-state index in [2.05, 4.69) is 10.3 Å². The van der Waals surface area contributed by atoms with Gasteiger partial charge in [0.25, 0.3) is 5.91 Å². The highest BCUT2D eigenvalue weighted by atomic mass is 19.1. The topological polar surface area (TPSA) is 81.4 Å². The molecule has 0 saturated carbocycles. The van der Waals surface area contributed by atoms with Gasteiger partial charge in [-0.2, -0.15) is 0 Å². The third-order valence-corrected chi connectivity index (χ3v) is 3.77. The summed E-state index contributed by atoms with van der Waals surface area (Å²) >= 11 is 0. The van der Waals surface area contributed by atoms with Gasteiger partial charge < -0.3 is 14.5 Å². The fourth-order valence-electron chi connectivity index (χ4n) is 2.28. The lowest BCUT2D eigenvalue weighted by Gasteiger charge is -2.12. The standard InChI is InChI=1S/C20H17FN2O4/c1-12-7-8-14(11-15(12)21)22-20(25)13(2)26-19(24)10-9-18-23-16-5-3-4-6-17(16)27-18/h3-11,13H,1-2H3,(H,22,25)/b10-9+/t13-/m1/s1. The van der Waals surface area contributed by atoms with Crippen LogP contribution in [0.4, 0.5) is 10.1 Å². The zero-order valence-electron chi connectivity index (χ0n) is 14.7. The lowest BCUT2D eigenvalue weighted by Crippen LogP contribution is -2.29. The van der Waals surface area contributed by atoms with E-state index in [1.165, 1.54) is 19.1 Å². The van der Waals surface area contributed by atoms with Gasteiger partial charge in [-0.1, -0.05) is 18.2 Å². The first-order chi connectivity index (χ1) is 12.9. The highest BCUT2D eigenvalue weighted by Gasteiger charge is 2.17. The molecule has 0 aliphatic carbocycles. The molecule has 1 N–H and O–H groups in total. The quantitative estimate of drug-likeness (QED) is 0.546. The first-order valence-electron chi connectivity index (χ1n) is 8.23. The monoisotopic (exact) mass is 368 g/mol. The number of halogens is 1. The van der Waals surface area contributed by atoms with Crippen molar-refractivity contribution in [3.8, 4) is 0 Å². The van der Waals surface area contributed by atoms with Crippen LogP contribution >= 0.6 is 0 Å². The van der Waals surface area contributed by atoms with Crippen LogP contribution in [0.25, 0.3) is 17.2 Å². The molecule has 3 aromatic rings. The van der Waals surface area contributed by atoms with Crippen LogP contribution in [0.1, 0.15) is 18.4 Å². The van der Waals surface area contributed by atoms with Gasteiger partial charge in [-0.3, -0.25) is 4.79 Å². The molecule has 0 bridgehead atoms. The van der Waals surface area contributed by atoms with Crippen molar-refractivity contribution in [2.75, 3.05) is 5.32 Å². The molecule has 1 amide bonds. The van der Waals surface area contributed by atoms with E-state index in [1.807, 2.05) is 12.1 Å². The zero-order valence-corrected chi connectivity index (χ0v) is 14.7. The predicted molar refractivity (Wildman–Crippen MR) is 98.4 cm³/mol. The smallest absolute Gasteiger partial charge is 0.331 e. The maximum Gasteiger partial charge on any atom is 0.331 e. The molecule has 1 atom stereocenters. The number of aromatic nitrogens is 1. The fraction of sp³-hybridized carbons (Fsp3) is 0.150. The normalized spacial score (nSPS) is 12.3. The number of hydrogen-bond donors (Lipinski definition) is 1. The van der Waals surface area contributed by atoms with Crippen LogP contribution < -0.4 is 5.32 Å². The Kier molecular flexibility index (Phi) is 5.30. The molecule has 0 saturated heterocycles.